The zero-order chi connectivity index (χ0) is 14.3. The highest BCUT2D eigenvalue weighted by atomic mass is 15.1. The second kappa shape index (κ2) is 4.99. The lowest BCUT2D eigenvalue weighted by atomic mass is 9.78. The van der Waals surface area contributed by atoms with E-state index in [9.17, 15) is 0 Å². The van der Waals surface area contributed by atoms with E-state index in [-0.39, 0.29) is 5.41 Å². The van der Waals surface area contributed by atoms with Crippen LogP contribution in [0.3, 0.4) is 0 Å². The van der Waals surface area contributed by atoms with Gasteiger partial charge in [0.15, 0.2) is 0 Å². The van der Waals surface area contributed by atoms with E-state index in [1.165, 1.54) is 29.7 Å². The van der Waals surface area contributed by atoms with E-state index >= 15 is 0 Å². The Morgan fingerprint density at radius 1 is 1.14 bits per heavy atom. The van der Waals surface area contributed by atoms with Crippen LogP contribution in [-0.4, -0.2) is 22.6 Å². The van der Waals surface area contributed by atoms with Crippen molar-refractivity contribution in [1.29, 1.82) is 0 Å². The molecule has 0 unspecified atom stereocenters. The van der Waals surface area contributed by atoms with Crippen LogP contribution < -0.4 is 5.32 Å². The van der Waals surface area contributed by atoms with Crippen LogP contribution in [0.2, 0.25) is 0 Å². The first-order valence-electron chi connectivity index (χ1n) is 8.06. The molecule has 2 heterocycles. The summed E-state index contributed by atoms with van der Waals surface area (Å²) in [6.45, 7) is 4.64. The Kier molecular flexibility index (Phi) is 3.11. The van der Waals surface area contributed by atoms with Crippen molar-refractivity contribution < 1.29 is 0 Å². The van der Waals surface area contributed by atoms with Crippen LogP contribution >= 0.6 is 0 Å². The molecule has 1 N–H and O–H groups in total. The summed E-state index contributed by atoms with van der Waals surface area (Å²) in [6, 6.07) is 9.41. The second-order valence-electron chi connectivity index (χ2n) is 6.83. The fourth-order valence-electron chi connectivity index (χ4n) is 4.03. The number of nitrogens with one attached hydrogen (secondary N) is 1. The summed E-state index contributed by atoms with van der Waals surface area (Å²) in [5.41, 5.74) is 4.73. The molecule has 3 heteroatoms. The van der Waals surface area contributed by atoms with Gasteiger partial charge in [-0.25, -0.2) is 4.98 Å². The van der Waals surface area contributed by atoms with Gasteiger partial charge < -0.3 is 9.88 Å². The maximum absolute atomic E-state index is 4.49. The molecule has 0 spiro atoms. The highest BCUT2D eigenvalue weighted by Gasteiger charge is 2.34. The summed E-state index contributed by atoms with van der Waals surface area (Å²) < 4.78 is 2.46. The highest BCUT2D eigenvalue weighted by Crippen LogP contribution is 2.37. The predicted molar refractivity (Wildman–Crippen MR) is 84.6 cm³/mol. The van der Waals surface area contributed by atoms with Gasteiger partial charge in [0.25, 0.3) is 0 Å². The minimum Gasteiger partial charge on any atom is -0.330 e. The second-order valence-corrected chi connectivity index (χ2v) is 6.83. The predicted octanol–water partition coefficient (Wildman–Crippen LogP) is 2.86. The third-order valence-electron chi connectivity index (χ3n) is 5.41. The lowest BCUT2D eigenvalue weighted by molar-refractivity contribution is 0.308. The molecule has 1 saturated heterocycles. The van der Waals surface area contributed by atoms with Crippen LogP contribution in [0.25, 0.3) is 0 Å². The summed E-state index contributed by atoms with van der Waals surface area (Å²) in [5, 5.41) is 3.48. The van der Waals surface area contributed by atoms with E-state index in [0.717, 1.165) is 25.9 Å². The smallest absolute Gasteiger partial charge is 0.0951 e. The van der Waals surface area contributed by atoms with Gasteiger partial charge >= 0.3 is 0 Å². The quantitative estimate of drug-likeness (QED) is 0.917. The van der Waals surface area contributed by atoms with Crippen molar-refractivity contribution in [3.05, 3.63) is 53.6 Å². The zero-order valence-electron chi connectivity index (χ0n) is 12.7. The fraction of sp³-hybridized carbons (Fsp3) is 0.500. The van der Waals surface area contributed by atoms with Crippen molar-refractivity contribution >= 4 is 0 Å². The van der Waals surface area contributed by atoms with E-state index in [1.807, 2.05) is 0 Å². The number of aromatic nitrogens is 2. The number of benzene rings is 1. The largest absolute Gasteiger partial charge is 0.330 e. The number of hydrogen-bond donors (Lipinski definition) is 1. The maximum Gasteiger partial charge on any atom is 0.0951 e. The number of rotatable bonds is 2. The monoisotopic (exact) mass is 281 g/mol. The molecule has 1 aliphatic heterocycles. The third-order valence-corrected chi connectivity index (χ3v) is 5.41. The average molecular weight is 281 g/mol. The van der Waals surface area contributed by atoms with Crippen molar-refractivity contribution in [2.24, 2.45) is 0 Å². The fourth-order valence-corrected chi connectivity index (χ4v) is 4.03. The molecular formula is C18H23N3. The average Bonchev–Trinajstić information content (AvgIpc) is 3.14. The number of hydrogen-bond acceptors (Lipinski definition) is 2. The van der Waals surface area contributed by atoms with Crippen molar-refractivity contribution in [3.8, 4) is 0 Å². The Hall–Kier alpha value is -1.61. The van der Waals surface area contributed by atoms with E-state index in [0.29, 0.717) is 6.04 Å². The molecule has 1 fully saturated rings. The lowest BCUT2D eigenvalue weighted by Crippen LogP contribution is -2.39. The molecule has 0 bridgehead atoms. The molecule has 3 nitrogen and oxygen atoms in total. The van der Waals surface area contributed by atoms with Crippen LogP contribution in [0.1, 0.15) is 42.6 Å². The summed E-state index contributed by atoms with van der Waals surface area (Å²) in [6.07, 6.45) is 8.87. The number of piperidine rings is 1. The van der Waals surface area contributed by atoms with Crippen LogP contribution in [0.4, 0.5) is 0 Å². The molecule has 2 aromatic rings. The molecule has 1 aliphatic carbocycles. The van der Waals surface area contributed by atoms with Gasteiger partial charge in [0.05, 0.1) is 6.33 Å². The van der Waals surface area contributed by atoms with Crippen molar-refractivity contribution in [3.63, 3.8) is 0 Å². The van der Waals surface area contributed by atoms with Crippen molar-refractivity contribution in [2.45, 2.75) is 44.1 Å². The first kappa shape index (κ1) is 13.1. The number of fused-ring (bicyclic) bond motifs is 1. The number of imidazole rings is 1. The van der Waals surface area contributed by atoms with Crippen LogP contribution in [0.15, 0.2) is 36.8 Å². The summed E-state index contributed by atoms with van der Waals surface area (Å²) in [7, 11) is 0. The SMILES string of the molecule is CC1(c2cncn2C2Cc3ccccc3C2)CCNCC1. The van der Waals surface area contributed by atoms with Crippen LogP contribution in [0, 0.1) is 0 Å². The standard InChI is InChI=1S/C18H23N3/c1-18(6-8-19-9-7-18)17-12-20-13-21(17)16-10-14-4-2-3-5-15(14)11-16/h2-5,12-13,16,19H,6-11H2,1H3. The van der Waals surface area contributed by atoms with Gasteiger partial charge in [-0.1, -0.05) is 31.2 Å². The van der Waals surface area contributed by atoms with Gasteiger partial charge in [-0.2, -0.15) is 0 Å². The molecule has 1 aromatic heterocycles. The molecule has 0 amide bonds. The van der Waals surface area contributed by atoms with Crippen LogP contribution in [-0.2, 0) is 18.3 Å². The Balaban J connectivity index is 1.65. The first-order valence-corrected chi connectivity index (χ1v) is 8.06. The summed E-state index contributed by atoms with van der Waals surface area (Å²) in [4.78, 5) is 4.49. The number of nitrogens with zero attached hydrogens (tertiary/aromatic N) is 2. The zero-order valence-corrected chi connectivity index (χ0v) is 12.7. The maximum atomic E-state index is 4.49. The normalized spacial score (nSPS) is 21.4. The van der Waals surface area contributed by atoms with E-state index in [4.69, 9.17) is 0 Å². The van der Waals surface area contributed by atoms with Gasteiger partial charge in [0, 0.05) is 23.3 Å². The molecule has 0 saturated carbocycles. The molecule has 2 aliphatic rings. The van der Waals surface area contributed by atoms with Gasteiger partial charge in [-0.15, -0.1) is 0 Å². The Morgan fingerprint density at radius 2 is 1.81 bits per heavy atom. The molecule has 1 aromatic carbocycles. The topological polar surface area (TPSA) is 29.9 Å². The minimum absolute atomic E-state index is 0.274. The first-order chi connectivity index (χ1) is 10.3. The van der Waals surface area contributed by atoms with Crippen LogP contribution in [0.5, 0.6) is 0 Å². The van der Waals surface area contributed by atoms with Crippen molar-refractivity contribution in [2.75, 3.05) is 13.1 Å². The van der Waals surface area contributed by atoms with Gasteiger partial charge in [0.2, 0.25) is 0 Å². The Labute approximate surface area is 126 Å². The minimum atomic E-state index is 0.274. The van der Waals surface area contributed by atoms with Crippen molar-refractivity contribution in [1.82, 2.24) is 14.9 Å². The van der Waals surface area contributed by atoms with E-state index in [1.54, 1.807) is 0 Å². The molecule has 0 radical (unpaired) electrons. The van der Waals surface area contributed by atoms with E-state index in [2.05, 4.69) is 58.6 Å². The van der Waals surface area contributed by atoms with Gasteiger partial charge in [-0.05, 0) is 49.9 Å². The molecule has 21 heavy (non-hydrogen) atoms. The molecule has 0 atom stereocenters. The van der Waals surface area contributed by atoms with E-state index < -0.39 is 0 Å². The molecule has 4 rings (SSSR count). The van der Waals surface area contributed by atoms with Gasteiger partial charge in [-0.3, -0.25) is 0 Å². The third kappa shape index (κ3) is 2.20. The summed E-state index contributed by atoms with van der Waals surface area (Å²) in [5.74, 6) is 0. The molecule has 110 valence electrons. The highest BCUT2D eigenvalue weighted by molar-refractivity contribution is 5.33. The lowest BCUT2D eigenvalue weighted by Gasteiger charge is -2.35. The Bertz CT molecular complexity index is 612. The van der Waals surface area contributed by atoms with Gasteiger partial charge in [0.1, 0.15) is 0 Å². The Morgan fingerprint density at radius 3 is 2.48 bits per heavy atom. The molecular weight excluding hydrogens is 258 g/mol. The summed E-state index contributed by atoms with van der Waals surface area (Å²) >= 11 is 0.